The van der Waals surface area contributed by atoms with E-state index in [4.69, 9.17) is 4.74 Å². The van der Waals surface area contributed by atoms with E-state index in [-0.39, 0.29) is 11.8 Å². The number of amides is 1. The number of rotatable bonds is 7. The Kier molecular flexibility index (Phi) is 6.79. The summed E-state index contributed by atoms with van der Waals surface area (Å²) in [4.78, 5) is 14.9. The van der Waals surface area contributed by atoms with Crippen LogP contribution in [0, 0.1) is 5.92 Å². The van der Waals surface area contributed by atoms with Gasteiger partial charge in [0.1, 0.15) is 5.82 Å². The number of ether oxygens (including phenoxy) is 1. The van der Waals surface area contributed by atoms with Crippen LogP contribution in [0.4, 0.5) is 0 Å². The topological polar surface area (TPSA) is 72.3 Å². The molecule has 1 fully saturated rings. The summed E-state index contributed by atoms with van der Waals surface area (Å²) in [5.74, 6) is 2.17. The fraction of sp³-hybridized carbons (Fsp3) is 0.423. The van der Waals surface area contributed by atoms with Gasteiger partial charge in [-0.05, 0) is 17.5 Å². The number of carbonyl (C=O) groups excluding carboxylic acids is 1. The van der Waals surface area contributed by atoms with E-state index < -0.39 is 0 Å². The minimum atomic E-state index is -0.0417. The van der Waals surface area contributed by atoms with Crippen LogP contribution in [-0.4, -0.2) is 58.4 Å². The van der Waals surface area contributed by atoms with Gasteiger partial charge in [-0.3, -0.25) is 4.79 Å². The van der Waals surface area contributed by atoms with Crippen LogP contribution >= 0.6 is 0 Å². The molecule has 0 aliphatic carbocycles. The van der Waals surface area contributed by atoms with E-state index >= 15 is 0 Å². The second-order valence-corrected chi connectivity index (χ2v) is 8.89. The molecule has 0 radical (unpaired) electrons. The van der Waals surface area contributed by atoms with E-state index in [0.717, 1.165) is 50.7 Å². The van der Waals surface area contributed by atoms with E-state index in [2.05, 4.69) is 85.6 Å². The zero-order valence-corrected chi connectivity index (χ0v) is 18.9. The molecule has 7 nitrogen and oxygen atoms in total. The monoisotopic (exact) mass is 445 g/mol. The fourth-order valence-corrected chi connectivity index (χ4v) is 4.82. The van der Waals surface area contributed by atoms with Crippen molar-refractivity contribution < 1.29 is 9.53 Å². The summed E-state index contributed by atoms with van der Waals surface area (Å²) in [5.41, 5.74) is 2.68. The Morgan fingerprint density at radius 2 is 1.73 bits per heavy atom. The first-order valence-corrected chi connectivity index (χ1v) is 11.9. The highest BCUT2D eigenvalue weighted by Gasteiger charge is 2.25. The van der Waals surface area contributed by atoms with Crippen molar-refractivity contribution in [2.45, 2.75) is 31.8 Å². The van der Waals surface area contributed by atoms with Crippen molar-refractivity contribution in [1.82, 2.24) is 25.0 Å². The molecule has 33 heavy (non-hydrogen) atoms. The van der Waals surface area contributed by atoms with Crippen molar-refractivity contribution in [3.05, 3.63) is 83.4 Å². The van der Waals surface area contributed by atoms with Crippen LogP contribution in [-0.2, 0) is 29.0 Å². The van der Waals surface area contributed by atoms with Crippen LogP contribution in [0.5, 0.6) is 0 Å². The molecule has 0 saturated carbocycles. The van der Waals surface area contributed by atoms with Crippen molar-refractivity contribution in [2.24, 2.45) is 5.92 Å². The van der Waals surface area contributed by atoms with E-state index in [1.807, 2.05) is 0 Å². The van der Waals surface area contributed by atoms with Crippen molar-refractivity contribution in [3.8, 4) is 0 Å². The van der Waals surface area contributed by atoms with Crippen LogP contribution in [0.15, 0.2) is 60.7 Å². The predicted octanol–water partition coefficient (Wildman–Crippen LogP) is 2.62. The Morgan fingerprint density at radius 3 is 2.39 bits per heavy atom. The fourth-order valence-electron chi connectivity index (χ4n) is 4.82. The molecule has 1 atom stereocenters. The average Bonchev–Trinajstić information content (AvgIpc) is 3.49. The first kappa shape index (κ1) is 21.8. The first-order chi connectivity index (χ1) is 16.3. The lowest BCUT2D eigenvalue weighted by atomic mass is 9.90. The molecule has 1 saturated heterocycles. The minimum absolute atomic E-state index is 0.0417. The largest absolute Gasteiger partial charge is 0.381 e. The molecule has 3 heterocycles. The van der Waals surface area contributed by atoms with Crippen LogP contribution in [0.2, 0.25) is 0 Å². The third-order valence-corrected chi connectivity index (χ3v) is 6.76. The maximum atomic E-state index is 12.4. The number of fused-ring (bicyclic) bond motifs is 1. The molecule has 3 aromatic rings. The van der Waals surface area contributed by atoms with Crippen molar-refractivity contribution in [2.75, 3.05) is 32.8 Å². The Balaban J connectivity index is 1.25. The van der Waals surface area contributed by atoms with Crippen molar-refractivity contribution in [3.63, 3.8) is 0 Å². The van der Waals surface area contributed by atoms with E-state index in [9.17, 15) is 4.79 Å². The zero-order chi connectivity index (χ0) is 22.5. The van der Waals surface area contributed by atoms with Gasteiger partial charge in [-0.1, -0.05) is 60.7 Å². The van der Waals surface area contributed by atoms with Gasteiger partial charge < -0.3 is 19.5 Å². The van der Waals surface area contributed by atoms with Gasteiger partial charge in [0.2, 0.25) is 5.91 Å². The molecule has 2 aromatic carbocycles. The second kappa shape index (κ2) is 10.3. The summed E-state index contributed by atoms with van der Waals surface area (Å²) in [7, 11) is 0. The highest BCUT2D eigenvalue weighted by molar-refractivity contribution is 5.78. The number of nitrogens with one attached hydrogen (secondary N) is 1. The molecule has 0 unspecified atom stereocenters. The summed E-state index contributed by atoms with van der Waals surface area (Å²) in [5, 5.41) is 11.8. The standard InChI is InChI=1S/C26H31N5O2/c32-26(22-12-16-33-19-22)27-17-25-29-28-24-11-13-30(14-15-31(24)25)18-23(20-7-3-1-4-8-20)21-9-5-2-6-10-21/h1-10,22-23H,11-19H2,(H,27,32)/t22-/m0/s1. The molecule has 5 rings (SSSR count). The van der Waals surface area contributed by atoms with Gasteiger partial charge in [0, 0.05) is 45.1 Å². The molecule has 1 aromatic heterocycles. The van der Waals surface area contributed by atoms with Crippen LogP contribution in [0.3, 0.4) is 0 Å². The minimum Gasteiger partial charge on any atom is -0.381 e. The number of hydrogen-bond acceptors (Lipinski definition) is 5. The van der Waals surface area contributed by atoms with Gasteiger partial charge in [-0.15, -0.1) is 10.2 Å². The quantitative estimate of drug-likeness (QED) is 0.605. The average molecular weight is 446 g/mol. The smallest absolute Gasteiger partial charge is 0.225 e. The SMILES string of the molecule is O=C(NCc1nnc2n1CCN(CC(c1ccccc1)c1ccccc1)CC2)[C@H]1CCOC1. The lowest BCUT2D eigenvalue weighted by Gasteiger charge is -2.27. The number of benzene rings is 2. The van der Waals surface area contributed by atoms with Gasteiger partial charge in [0.25, 0.3) is 0 Å². The molecule has 1 amide bonds. The van der Waals surface area contributed by atoms with Gasteiger partial charge in [-0.2, -0.15) is 0 Å². The Bertz CT molecular complexity index is 1010. The molecule has 172 valence electrons. The molecular weight excluding hydrogens is 414 g/mol. The highest BCUT2D eigenvalue weighted by atomic mass is 16.5. The summed E-state index contributed by atoms with van der Waals surface area (Å²) in [6.45, 7) is 5.26. The third-order valence-electron chi connectivity index (χ3n) is 6.76. The molecular formula is C26H31N5O2. The maximum Gasteiger partial charge on any atom is 0.225 e. The molecule has 2 aliphatic heterocycles. The molecule has 0 spiro atoms. The van der Waals surface area contributed by atoms with Gasteiger partial charge in [0.15, 0.2) is 5.82 Å². The number of nitrogens with zero attached hydrogens (tertiary/aromatic N) is 4. The van der Waals surface area contributed by atoms with Crippen LogP contribution < -0.4 is 5.32 Å². The molecule has 2 aliphatic rings. The normalized spacial score (nSPS) is 18.8. The maximum absolute atomic E-state index is 12.4. The van der Waals surface area contributed by atoms with Crippen LogP contribution in [0.1, 0.15) is 35.1 Å². The third kappa shape index (κ3) is 5.15. The molecule has 0 bridgehead atoms. The molecule has 1 N–H and O–H groups in total. The zero-order valence-electron chi connectivity index (χ0n) is 18.9. The summed E-state index contributed by atoms with van der Waals surface area (Å²) in [6, 6.07) is 21.5. The van der Waals surface area contributed by atoms with Gasteiger partial charge >= 0.3 is 0 Å². The van der Waals surface area contributed by atoms with E-state index in [1.54, 1.807) is 0 Å². The lowest BCUT2D eigenvalue weighted by Crippen LogP contribution is -2.33. The predicted molar refractivity (Wildman–Crippen MR) is 126 cm³/mol. The first-order valence-electron chi connectivity index (χ1n) is 11.9. The van der Waals surface area contributed by atoms with Gasteiger partial charge in [-0.25, -0.2) is 0 Å². The summed E-state index contributed by atoms with van der Waals surface area (Å²) < 4.78 is 7.52. The summed E-state index contributed by atoms with van der Waals surface area (Å²) >= 11 is 0. The van der Waals surface area contributed by atoms with Crippen molar-refractivity contribution >= 4 is 5.91 Å². The summed E-state index contributed by atoms with van der Waals surface area (Å²) in [6.07, 6.45) is 1.65. The number of aromatic nitrogens is 3. The number of hydrogen-bond donors (Lipinski definition) is 1. The lowest BCUT2D eigenvalue weighted by molar-refractivity contribution is -0.125. The van der Waals surface area contributed by atoms with E-state index in [0.29, 0.717) is 25.7 Å². The van der Waals surface area contributed by atoms with Gasteiger partial charge in [0.05, 0.1) is 19.1 Å². The molecule has 7 heteroatoms. The van der Waals surface area contributed by atoms with Crippen molar-refractivity contribution in [1.29, 1.82) is 0 Å². The van der Waals surface area contributed by atoms with E-state index in [1.165, 1.54) is 11.1 Å². The Morgan fingerprint density at radius 1 is 1.00 bits per heavy atom. The Hall–Kier alpha value is -3.03. The van der Waals surface area contributed by atoms with Crippen LogP contribution in [0.25, 0.3) is 0 Å². The second-order valence-electron chi connectivity index (χ2n) is 8.89. The highest BCUT2D eigenvalue weighted by Crippen LogP contribution is 2.26. The Labute approximate surface area is 194 Å². The number of carbonyl (C=O) groups is 1.